The van der Waals surface area contributed by atoms with Gasteiger partial charge in [0, 0.05) is 17.6 Å². The van der Waals surface area contributed by atoms with Crippen LogP contribution >= 0.6 is 23.2 Å². The number of nitrogens with one attached hydrogen (secondary N) is 1. The van der Waals surface area contributed by atoms with Crippen LogP contribution in [-0.2, 0) is 4.79 Å². The number of piperidine rings is 1. The third-order valence-corrected chi connectivity index (χ3v) is 4.64. The van der Waals surface area contributed by atoms with Crippen LogP contribution in [0.5, 0.6) is 0 Å². The topological polar surface area (TPSA) is 75.4 Å². The molecule has 2 heterocycles. The molecule has 1 aliphatic heterocycles. The lowest BCUT2D eigenvalue weighted by atomic mass is 10.0. The van der Waals surface area contributed by atoms with Crippen LogP contribution < -0.4 is 5.32 Å². The van der Waals surface area contributed by atoms with Gasteiger partial charge in [-0.25, -0.2) is 0 Å². The van der Waals surface area contributed by atoms with Crippen LogP contribution in [0.3, 0.4) is 0 Å². The molecule has 1 aromatic heterocycles. The maximum atomic E-state index is 12.7. The predicted molar refractivity (Wildman–Crippen MR) is 95.0 cm³/mol. The van der Waals surface area contributed by atoms with Crippen LogP contribution in [0.2, 0.25) is 10.0 Å². The van der Waals surface area contributed by atoms with Gasteiger partial charge in [-0.2, -0.15) is 0 Å². The highest BCUT2D eigenvalue weighted by molar-refractivity contribution is 6.36. The second kappa shape index (κ2) is 7.45. The Bertz CT molecular complexity index is 806. The zero-order valence-corrected chi connectivity index (χ0v) is 15.1. The van der Waals surface area contributed by atoms with E-state index in [4.69, 9.17) is 27.7 Å². The van der Waals surface area contributed by atoms with E-state index in [-0.39, 0.29) is 17.6 Å². The SMILES string of the molecule is Cc1cc(C(=O)N2CCCC[C@@H]2C(=O)Nc2ccc(Cl)cc2Cl)on1. The Morgan fingerprint density at radius 1 is 1.28 bits per heavy atom. The number of carbonyl (C=O) groups excluding carboxylic acids is 2. The van der Waals surface area contributed by atoms with E-state index >= 15 is 0 Å². The van der Waals surface area contributed by atoms with Gasteiger partial charge in [0.05, 0.1) is 16.4 Å². The normalized spacial score (nSPS) is 17.4. The van der Waals surface area contributed by atoms with Crippen molar-refractivity contribution in [2.24, 2.45) is 0 Å². The third-order valence-electron chi connectivity index (χ3n) is 4.09. The summed E-state index contributed by atoms with van der Waals surface area (Å²) in [6.07, 6.45) is 2.28. The quantitative estimate of drug-likeness (QED) is 0.873. The molecule has 3 rings (SSSR count). The predicted octanol–water partition coefficient (Wildman–Crippen LogP) is 3.92. The van der Waals surface area contributed by atoms with Crippen LogP contribution in [0.1, 0.15) is 35.5 Å². The average molecular weight is 382 g/mol. The van der Waals surface area contributed by atoms with Crippen molar-refractivity contribution < 1.29 is 14.1 Å². The molecule has 1 aromatic carbocycles. The molecule has 0 aliphatic carbocycles. The van der Waals surface area contributed by atoms with Crippen LogP contribution in [0, 0.1) is 6.92 Å². The number of aromatic nitrogens is 1. The molecule has 0 bridgehead atoms. The standard InChI is InChI=1S/C17H17Cl2N3O3/c1-10-8-15(25-21-10)17(24)22-7-3-2-4-14(22)16(23)20-13-6-5-11(18)9-12(13)19/h5-6,8-9,14H,2-4,7H2,1H3,(H,20,23)/t14-/m1/s1. The number of halogens is 2. The highest BCUT2D eigenvalue weighted by atomic mass is 35.5. The Balaban J connectivity index is 1.78. The monoisotopic (exact) mass is 381 g/mol. The number of rotatable bonds is 3. The lowest BCUT2D eigenvalue weighted by molar-refractivity contribution is -0.121. The minimum Gasteiger partial charge on any atom is -0.351 e. The molecule has 1 fully saturated rings. The number of carbonyl (C=O) groups is 2. The Morgan fingerprint density at radius 2 is 2.08 bits per heavy atom. The number of aryl methyl sites for hydroxylation is 1. The molecular weight excluding hydrogens is 365 g/mol. The van der Waals surface area contributed by atoms with Crippen molar-refractivity contribution in [1.29, 1.82) is 0 Å². The van der Waals surface area contributed by atoms with Gasteiger partial charge in [-0.3, -0.25) is 9.59 Å². The molecule has 2 amide bonds. The lowest BCUT2D eigenvalue weighted by Crippen LogP contribution is -2.50. The number of hydrogen-bond acceptors (Lipinski definition) is 4. The summed E-state index contributed by atoms with van der Waals surface area (Å²) in [5, 5.41) is 7.35. The molecule has 0 saturated carbocycles. The fourth-order valence-electron chi connectivity index (χ4n) is 2.86. The second-order valence-electron chi connectivity index (χ2n) is 5.96. The molecular formula is C17H17Cl2N3O3. The lowest BCUT2D eigenvalue weighted by Gasteiger charge is -2.34. The summed E-state index contributed by atoms with van der Waals surface area (Å²) in [6.45, 7) is 2.23. The number of benzene rings is 1. The molecule has 0 spiro atoms. The molecule has 1 N–H and O–H groups in total. The Labute approximate surface area is 155 Å². The van der Waals surface area contributed by atoms with Crippen molar-refractivity contribution in [2.45, 2.75) is 32.2 Å². The molecule has 25 heavy (non-hydrogen) atoms. The summed E-state index contributed by atoms with van der Waals surface area (Å²) in [4.78, 5) is 26.9. The number of amides is 2. The zero-order valence-electron chi connectivity index (χ0n) is 13.6. The van der Waals surface area contributed by atoms with Gasteiger partial charge in [0.2, 0.25) is 11.7 Å². The van der Waals surface area contributed by atoms with E-state index in [1.165, 1.54) is 4.90 Å². The first kappa shape index (κ1) is 17.8. The largest absolute Gasteiger partial charge is 0.351 e. The fourth-order valence-corrected chi connectivity index (χ4v) is 3.32. The van der Waals surface area contributed by atoms with E-state index in [1.54, 1.807) is 31.2 Å². The van der Waals surface area contributed by atoms with E-state index in [9.17, 15) is 9.59 Å². The van der Waals surface area contributed by atoms with E-state index < -0.39 is 6.04 Å². The molecule has 1 aliphatic rings. The van der Waals surface area contributed by atoms with E-state index in [0.29, 0.717) is 34.4 Å². The number of likely N-dealkylation sites (tertiary alicyclic amines) is 1. The van der Waals surface area contributed by atoms with Crippen molar-refractivity contribution in [3.05, 3.63) is 45.8 Å². The molecule has 0 unspecified atom stereocenters. The Morgan fingerprint density at radius 3 is 2.76 bits per heavy atom. The smallest absolute Gasteiger partial charge is 0.293 e. The van der Waals surface area contributed by atoms with Gasteiger partial charge < -0.3 is 14.7 Å². The fraction of sp³-hybridized carbons (Fsp3) is 0.353. The van der Waals surface area contributed by atoms with Crippen molar-refractivity contribution in [2.75, 3.05) is 11.9 Å². The van der Waals surface area contributed by atoms with E-state index in [0.717, 1.165) is 12.8 Å². The second-order valence-corrected chi connectivity index (χ2v) is 6.80. The van der Waals surface area contributed by atoms with Gasteiger partial charge in [-0.1, -0.05) is 28.4 Å². The average Bonchev–Trinajstić information content (AvgIpc) is 3.03. The number of hydrogen-bond donors (Lipinski definition) is 1. The number of nitrogens with zero attached hydrogens (tertiary/aromatic N) is 2. The first-order valence-corrected chi connectivity index (χ1v) is 8.71. The minimum absolute atomic E-state index is 0.140. The van der Waals surface area contributed by atoms with Crippen LogP contribution in [0.25, 0.3) is 0 Å². The minimum atomic E-state index is -0.585. The molecule has 6 nitrogen and oxygen atoms in total. The van der Waals surface area contributed by atoms with Gasteiger partial charge in [0.15, 0.2) is 0 Å². The van der Waals surface area contributed by atoms with Crippen molar-refractivity contribution >= 4 is 40.7 Å². The van der Waals surface area contributed by atoms with Gasteiger partial charge >= 0.3 is 0 Å². The van der Waals surface area contributed by atoms with Crippen molar-refractivity contribution in [3.8, 4) is 0 Å². The summed E-state index contributed by atoms with van der Waals surface area (Å²) < 4.78 is 5.05. The summed E-state index contributed by atoms with van der Waals surface area (Å²) in [6, 6.07) is 5.82. The summed E-state index contributed by atoms with van der Waals surface area (Å²) in [5.41, 5.74) is 1.08. The summed E-state index contributed by atoms with van der Waals surface area (Å²) in [5.74, 6) is -0.474. The maximum Gasteiger partial charge on any atom is 0.293 e. The molecule has 2 aromatic rings. The van der Waals surface area contributed by atoms with Crippen molar-refractivity contribution in [1.82, 2.24) is 10.1 Å². The highest BCUT2D eigenvalue weighted by Crippen LogP contribution is 2.27. The third kappa shape index (κ3) is 3.96. The van der Waals surface area contributed by atoms with Gasteiger partial charge in [-0.05, 0) is 44.4 Å². The molecule has 1 atom stereocenters. The molecule has 132 valence electrons. The van der Waals surface area contributed by atoms with Crippen LogP contribution in [0.15, 0.2) is 28.8 Å². The first-order valence-electron chi connectivity index (χ1n) is 7.96. The Hall–Kier alpha value is -2.05. The maximum absolute atomic E-state index is 12.7. The zero-order chi connectivity index (χ0) is 18.0. The molecule has 1 saturated heterocycles. The highest BCUT2D eigenvalue weighted by Gasteiger charge is 2.34. The van der Waals surface area contributed by atoms with Crippen LogP contribution in [-0.4, -0.2) is 34.5 Å². The summed E-state index contributed by atoms with van der Waals surface area (Å²) >= 11 is 12.0. The van der Waals surface area contributed by atoms with Crippen LogP contribution in [0.4, 0.5) is 5.69 Å². The van der Waals surface area contributed by atoms with Gasteiger partial charge in [-0.15, -0.1) is 0 Å². The molecule has 8 heteroatoms. The van der Waals surface area contributed by atoms with E-state index in [1.807, 2.05) is 0 Å². The summed E-state index contributed by atoms with van der Waals surface area (Å²) in [7, 11) is 0. The Kier molecular flexibility index (Phi) is 5.30. The van der Waals surface area contributed by atoms with Crippen molar-refractivity contribution in [3.63, 3.8) is 0 Å². The van der Waals surface area contributed by atoms with Gasteiger partial charge in [0.1, 0.15) is 6.04 Å². The van der Waals surface area contributed by atoms with E-state index in [2.05, 4.69) is 10.5 Å². The molecule has 0 radical (unpaired) electrons. The first-order chi connectivity index (χ1) is 12.0. The number of anilines is 1. The van der Waals surface area contributed by atoms with Gasteiger partial charge in [0.25, 0.3) is 5.91 Å².